The van der Waals surface area contributed by atoms with Gasteiger partial charge in [-0.15, -0.1) is 0 Å². The van der Waals surface area contributed by atoms with Gasteiger partial charge in [0.1, 0.15) is 17.0 Å². The van der Waals surface area contributed by atoms with Crippen molar-refractivity contribution in [2.75, 3.05) is 5.32 Å². The topological polar surface area (TPSA) is 126 Å². The fourth-order valence-corrected chi connectivity index (χ4v) is 2.52. The van der Waals surface area contributed by atoms with Crippen LogP contribution in [0.2, 0.25) is 5.15 Å². The summed E-state index contributed by atoms with van der Waals surface area (Å²) in [6.45, 7) is 0. The molecule has 21 heavy (non-hydrogen) atoms. The summed E-state index contributed by atoms with van der Waals surface area (Å²) in [5, 5.41) is 32.8. The molecule has 0 aromatic carbocycles. The van der Waals surface area contributed by atoms with E-state index in [0.717, 1.165) is 6.20 Å². The largest absolute Gasteiger partial charge is 0.479 e. The molecule has 3 N–H and O–H groups in total. The van der Waals surface area contributed by atoms with Gasteiger partial charge in [0.05, 0.1) is 4.92 Å². The van der Waals surface area contributed by atoms with Gasteiger partial charge in [0.25, 0.3) is 0 Å². The second-order valence-electron chi connectivity index (χ2n) is 5.04. The molecule has 0 amide bonds. The van der Waals surface area contributed by atoms with E-state index in [1.54, 1.807) is 0 Å². The number of rotatable bonds is 4. The first-order valence-corrected chi connectivity index (χ1v) is 6.72. The van der Waals surface area contributed by atoms with Crippen LogP contribution in [0.4, 0.5) is 11.4 Å². The lowest BCUT2D eigenvalue weighted by atomic mass is 9.82. The third kappa shape index (κ3) is 3.40. The van der Waals surface area contributed by atoms with Crippen LogP contribution in [0.5, 0.6) is 0 Å². The lowest BCUT2D eigenvalue weighted by molar-refractivity contribution is -0.384. The molecule has 2 rings (SSSR count). The van der Waals surface area contributed by atoms with E-state index in [0.29, 0.717) is 12.8 Å². The van der Waals surface area contributed by atoms with Crippen LogP contribution < -0.4 is 5.32 Å². The molecule has 0 bridgehead atoms. The van der Waals surface area contributed by atoms with Gasteiger partial charge >= 0.3 is 11.7 Å². The van der Waals surface area contributed by atoms with E-state index in [9.17, 15) is 20.0 Å². The average molecular weight is 316 g/mol. The Balaban J connectivity index is 2.09. The molecule has 0 aliphatic heterocycles. The number of halogens is 1. The van der Waals surface area contributed by atoms with Crippen LogP contribution >= 0.6 is 11.6 Å². The van der Waals surface area contributed by atoms with Crippen molar-refractivity contribution in [1.82, 2.24) is 4.98 Å². The molecule has 0 spiro atoms. The number of nitrogens with zero attached hydrogens (tertiary/aromatic N) is 2. The Morgan fingerprint density at radius 2 is 2.14 bits per heavy atom. The Morgan fingerprint density at radius 3 is 2.67 bits per heavy atom. The highest BCUT2D eigenvalue weighted by Gasteiger charge is 2.40. The van der Waals surface area contributed by atoms with Gasteiger partial charge in [-0.3, -0.25) is 10.1 Å². The molecule has 1 aliphatic rings. The molecule has 1 aliphatic carbocycles. The summed E-state index contributed by atoms with van der Waals surface area (Å²) in [5.74, 6) is -1.24. The number of aromatic nitrogens is 1. The summed E-state index contributed by atoms with van der Waals surface area (Å²) in [5.41, 5.74) is -1.66. The third-order valence-electron chi connectivity index (χ3n) is 3.62. The zero-order chi connectivity index (χ0) is 15.6. The quantitative estimate of drug-likeness (QED) is 0.439. The predicted molar refractivity (Wildman–Crippen MR) is 74.4 cm³/mol. The summed E-state index contributed by atoms with van der Waals surface area (Å²) < 4.78 is 0. The fraction of sp³-hybridized carbons (Fsp3) is 0.500. The normalized spacial score (nSPS) is 25.3. The molecule has 1 saturated carbocycles. The highest BCUT2D eigenvalue weighted by Crippen LogP contribution is 2.33. The van der Waals surface area contributed by atoms with Crippen LogP contribution in [0.3, 0.4) is 0 Å². The maximum Gasteiger partial charge on any atom is 0.335 e. The van der Waals surface area contributed by atoms with Crippen molar-refractivity contribution >= 4 is 28.9 Å². The van der Waals surface area contributed by atoms with Gasteiger partial charge in [-0.1, -0.05) is 11.6 Å². The zero-order valence-corrected chi connectivity index (χ0v) is 11.7. The average Bonchev–Trinajstić information content (AvgIpc) is 2.41. The molecule has 0 saturated heterocycles. The summed E-state index contributed by atoms with van der Waals surface area (Å²) in [6, 6.07) is 1.19. The highest BCUT2D eigenvalue weighted by molar-refractivity contribution is 6.29. The number of carboxylic acid groups (broad SMARTS) is 1. The zero-order valence-electron chi connectivity index (χ0n) is 11.0. The van der Waals surface area contributed by atoms with Gasteiger partial charge in [-0.2, -0.15) is 0 Å². The first kappa shape index (κ1) is 15.5. The smallest absolute Gasteiger partial charge is 0.335 e. The van der Waals surface area contributed by atoms with E-state index in [2.05, 4.69) is 10.3 Å². The third-order valence-corrected chi connectivity index (χ3v) is 3.82. The number of pyridine rings is 1. The first-order chi connectivity index (χ1) is 9.82. The monoisotopic (exact) mass is 315 g/mol. The minimum Gasteiger partial charge on any atom is -0.479 e. The number of carboxylic acids is 1. The molecule has 114 valence electrons. The number of nitrogens with one attached hydrogen (secondary N) is 1. The van der Waals surface area contributed by atoms with Crippen LogP contribution in [0.15, 0.2) is 12.3 Å². The van der Waals surface area contributed by atoms with Crippen molar-refractivity contribution in [2.45, 2.75) is 37.3 Å². The van der Waals surface area contributed by atoms with Crippen LogP contribution in [0, 0.1) is 10.1 Å². The maximum absolute atomic E-state index is 10.9. The van der Waals surface area contributed by atoms with E-state index >= 15 is 0 Å². The Hall–Kier alpha value is -1.93. The SMILES string of the molecule is O=C(O)[C@]1(O)CC[C@@H](Nc2cc(Cl)ncc2[N+](=O)[O-])CC1. The van der Waals surface area contributed by atoms with Crippen LogP contribution in [-0.4, -0.2) is 37.7 Å². The van der Waals surface area contributed by atoms with Crippen molar-refractivity contribution in [1.29, 1.82) is 0 Å². The minimum atomic E-state index is -1.71. The van der Waals surface area contributed by atoms with E-state index in [1.807, 2.05) is 0 Å². The molecular weight excluding hydrogens is 302 g/mol. The first-order valence-electron chi connectivity index (χ1n) is 6.34. The van der Waals surface area contributed by atoms with Crippen molar-refractivity contribution in [2.24, 2.45) is 0 Å². The van der Waals surface area contributed by atoms with Gasteiger partial charge in [0, 0.05) is 12.1 Å². The molecule has 1 heterocycles. The summed E-state index contributed by atoms with van der Waals surface area (Å²) in [6.07, 6.45) is 2.03. The Bertz CT molecular complexity index is 572. The molecule has 8 nitrogen and oxygen atoms in total. The maximum atomic E-state index is 10.9. The minimum absolute atomic E-state index is 0.0899. The molecule has 1 aromatic heterocycles. The second-order valence-corrected chi connectivity index (χ2v) is 5.42. The lowest BCUT2D eigenvalue weighted by Crippen LogP contribution is -2.44. The van der Waals surface area contributed by atoms with Gasteiger partial charge in [0.2, 0.25) is 0 Å². The number of nitro groups is 1. The Labute approximate surface area is 124 Å². The summed E-state index contributed by atoms with van der Waals surface area (Å²) in [7, 11) is 0. The van der Waals surface area contributed by atoms with Crippen LogP contribution in [-0.2, 0) is 4.79 Å². The van der Waals surface area contributed by atoms with Gasteiger partial charge in [-0.05, 0) is 25.7 Å². The molecule has 0 radical (unpaired) electrons. The number of hydrogen-bond donors (Lipinski definition) is 3. The van der Waals surface area contributed by atoms with E-state index in [1.165, 1.54) is 6.07 Å². The van der Waals surface area contributed by atoms with E-state index < -0.39 is 16.5 Å². The lowest BCUT2D eigenvalue weighted by Gasteiger charge is -2.33. The number of aliphatic hydroxyl groups is 1. The van der Waals surface area contributed by atoms with Crippen molar-refractivity contribution in [3.8, 4) is 0 Å². The van der Waals surface area contributed by atoms with E-state index in [-0.39, 0.29) is 35.4 Å². The van der Waals surface area contributed by atoms with Crippen LogP contribution in [0.25, 0.3) is 0 Å². The van der Waals surface area contributed by atoms with Crippen molar-refractivity contribution < 1.29 is 19.9 Å². The van der Waals surface area contributed by atoms with Crippen LogP contribution in [0.1, 0.15) is 25.7 Å². The number of aliphatic carboxylic acids is 1. The standard InChI is InChI=1S/C12H14ClN3O5/c13-10-5-8(9(6-14-10)16(20)21)15-7-1-3-12(19,4-2-7)11(17)18/h5-7,19H,1-4H2,(H,14,15)(H,17,18)/t7-,12+. The Kier molecular flexibility index (Phi) is 4.29. The van der Waals surface area contributed by atoms with Gasteiger partial charge in [-0.25, -0.2) is 9.78 Å². The number of carbonyl (C=O) groups is 1. The second kappa shape index (κ2) is 5.82. The van der Waals surface area contributed by atoms with Crippen molar-refractivity contribution in [3.05, 3.63) is 27.5 Å². The molecule has 0 unspecified atom stereocenters. The fourth-order valence-electron chi connectivity index (χ4n) is 2.36. The highest BCUT2D eigenvalue weighted by atomic mass is 35.5. The predicted octanol–water partition coefficient (Wildman–Crippen LogP) is 1.81. The molecule has 1 fully saturated rings. The summed E-state index contributed by atoms with van der Waals surface area (Å²) in [4.78, 5) is 25.0. The molecule has 0 atom stereocenters. The molecule has 9 heteroatoms. The number of hydrogen-bond acceptors (Lipinski definition) is 6. The van der Waals surface area contributed by atoms with Crippen molar-refractivity contribution in [3.63, 3.8) is 0 Å². The van der Waals surface area contributed by atoms with E-state index in [4.69, 9.17) is 16.7 Å². The van der Waals surface area contributed by atoms with Gasteiger partial charge < -0.3 is 15.5 Å². The Morgan fingerprint density at radius 1 is 1.52 bits per heavy atom. The number of anilines is 1. The molecule has 1 aromatic rings. The van der Waals surface area contributed by atoms with Gasteiger partial charge in [0.15, 0.2) is 5.60 Å². The molecular formula is C12H14ClN3O5. The summed E-state index contributed by atoms with van der Waals surface area (Å²) >= 11 is 5.73.